The average molecular weight is 338 g/mol. The Kier molecular flexibility index (Phi) is 11.6. The first-order chi connectivity index (χ1) is 10.9. The zero-order valence-corrected chi connectivity index (χ0v) is 18.7. The molecule has 0 N–H and O–H groups in total. The van der Waals surface area contributed by atoms with Crippen LogP contribution in [0.15, 0.2) is 0 Å². The van der Waals surface area contributed by atoms with Crippen LogP contribution in [-0.4, -0.2) is 0 Å². The van der Waals surface area contributed by atoms with Gasteiger partial charge in [-0.05, 0) is 60.7 Å². The standard InChI is InChI=1S/C24H49/c1-10-11-12-13-14-15-22(16-20(2)18-23(4,5)6)17-21(3)19-24(7,8)9/h20-21H,10-19H2,1-9H3. The fraction of sp³-hybridized carbons (Fsp3) is 0.958. The highest BCUT2D eigenvalue weighted by Crippen LogP contribution is 2.36. The highest BCUT2D eigenvalue weighted by molar-refractivity contribution is 4.93. The third-order valence-corrected chi connectivity index (χ3v) is 4.83. The summed E-state index contributed by atoms with van der Waals surface area (Å²) in [5, 5.41) is 0. The molecule has 2 atom stereocenters. The third kappa shape index (κ3) is 15.5. The van der Waals surface area contributed by atoms with Gasteiger partial charge in [-0.2, -0.15) is 0 Å². The molecule has 1 radical (unpaired) electrons. The van der Waals surface area contributed by atoms with Crippen LogP contribution in [0.2, 0.25) is 0 Å². The van der Waals surface area contributed by atoms with Crippen molar-refractivity contribution < 1.29 is 0 Å². The van der Waals surface area contributed by atoms with Crippen LogP contribution in [0.4, 0.5) is 0 Å². The summed E-state index contributed by atoms with van der Waals surface area (Å²) < 4.78 is 0. The van der Waals surface area contributed by atoms with E-state index in [-0.39, 0.29) is 0 Å². The second kappa shape index (κ2) is 11.6. The van der Waals surface area contributed by atoms with Crippen molar-refractivity contribution in [3.63, 3.8) is 0 Å². The molecule has 0 amide bonds. The van der Waals surface area contributed by atoms with Gasteiger partial charge < -0.3 is 0 Å². The molecule has 0 aliphatic heterocycles. The summed E-state index contributed by atoms with van der Waals surface area (Å²) >= 11 is 0. The van der Waals surface area contributed by atoms with Crippen molar-refractivity contribution in [3.8, 4) is 0 Å². The normalized spacial score (nSPS) is 15.8. The summed E-state index contributed by atoms with van der Waals surface area (Å²) in [6, 6.07) is 0. The first-order valence-corrected chi connectivity index (χ1v) is 10.8. The molecule has 24 heavy (non-hydrogen) atoms. The van der Waals surface area contributed by atoms with Gasteiger partial charge in [0.1, 0.15) is 0 Å². The molecular formula is C24H49. The van der Waals surface area contributed by atoms with Crippen LogP contribution >= 0.6 is 0 Å². The summed E-state index contributed by atoms with van der Waals surface area (Å²) in [7, 11) is 0. The zero-order valence-electron chi connectivity index (χ0n) is 18.7. The lowest BCUT2D eigenvalue weighted by molar-refractivity contribution is 0.273. The van der Waals surface area contributed by atoms with Crippen molar-refractivity contribution in [3.05, 3.63) is 5.92 Å². The maximum absolute atomic E-state index is 2.47. The number of rotatable bonds is 12. The van der Waals surface area contributed by atoms with E-state index >= 15 is 0 Å². The van der Waals surface area contributed by atoms with Gasteiger partial charge in [-0.1, -0.05) is 94.4 Å². The Morgan fingerprint density at radius 3 is 1.46 bits per heavy atom. The molecule has 0 heteroatoms. The van der Waals surface area contributed by atoms with Crippen molar-refractivity contribution in [2.75, 3.05) is 0 Å². The predicted molar refractivity (Wildman–Crippen MR) is 112 cm³/mol. The first-order valence-electron chi connectivity index (χ1n) is 10.8. The van der Waals surface area contributed by atoms with Gasteiger partial charge in [0.2, 0.25) is 0 Å². The lowest BCUT2D eigenvalue weighted by atomic mass is 9.76. The molecule has 0 aromatic heterocycles. The topological polar surface area (TPSA) is 0 Å². The maximum Gasteiger partial charge on any atom is -0.0236 e. The predicted octanol–water partition coefficient (Wildman–Crippen LogP) is 8.85. The highest BCUT2D eigenvalue weighted by Gasteiger charge is 2.23. The van der Waals surface area contributed by atoms with Crippen LogP contribution in [-0.2, 0) is 0 Å². The Hall–Kier alpha value is 0. The molecule has 0 aromatic rings. The molecule has 0 saturated heterocycles. The van der Waals surface area contributed by atoms with Gasteiger partial charge in [0, 0.05) is 0 Å². The molecule has 0 saturated carbocycles. The summed E-state index contributed by atoms with van der Waals surface area (Å²) in [5.74, 6) is 3.52. The summed E-state index contributed by atoms with van der Waals surface area (Å²) in [6.07, 6.45) is 13.8. The van der Waals surface area contributed by atoms with Crippen LogP contribution in [0, 0.1) is 28.6 Å². The molecular weight excluding hydrogens is 288 g/mol. The second-order valence-electron chi connectivity index (χ2n) is 11.1. The monoisotopic (exact) mass is 337 g/mol. The number of unbranched alkanes of at least 4 members (excludes halogenated alkanes) is 4. The molecule has 0 aromatic carbocycles. The molecule has 0 fully saturated rings. The van der Waals surface area contributed by atoms with Gasteiger partial charge >= 0.3 is 0 Å². The highest BCUT2D eigenvalue weighted by atomic mass is 14.3. The molecule has 0 nitrogen and oxygen atoms in total. The lowest BCUT2D eigenvalue weighted by Crippen LogP contribution is -2.17. The van der Waals surface area contributed by atoms with Gasteiger partial charge in [-0.15, -0.1) is 0 Å². The van der Waals surface area contributed by atoms with Crippen LogP contribution in [0.5, 0.6) is 0 Å². The van der Waals surface area contributed by atoms with Crippen LogP contribution in [0.3, 0.4) is 0 Å². The minimum absolute atomic E-state index is 0.461. The third-order valence-electron chi connectivity index (χ3n) is 4.83. The van der Waals surface area contributed by atoms with Crippen LogP contribution in [0.1, 0.15) is 127 Å². The minimum atomic E-state index is 0.461. The lowest BCUT2D eigenvalue weighted by Gasteiger charge is -2.30. The van der Waals surface area contributed by atoms with E-state index in [1.165, 1.54) is 64.2 Å². The Labute approximate surface area is 155 Å². The van der Waals surface area contributed by atoms with Gasteiger partial charge in [0.15, 0.2) is 0 Å². The van der Waals surface area contributed by atoms with E-state index in [1.54, 1.807) is 0 Å². The Morgan fingerprint density at radius 2 is 1.08 bits per heavy atom. The van der Waals surface area contributed by atoms with E-state index in [0.717, 1.165) is 11.8 Å². The largest absolute Gasteiger partial charge is 0.0654 e. The Bertz CT molecular complexity index is 264. The van der Waals surface area contributed by atoms with Crippen molar-refractivity contribution >= 4 is 0 Å². The van der Waals surface area contributed by atoms with E-state index in [2.05, 4.69) is 62.3 Å². The van der Waals surface area contributed by atoms with Gasteiger partial charge in [-0.3, -0.25) is 0 Å². The van der Waals surface area contributed by atoms with E-state index in [1.807, 2.05) is 5.92 Å². The van der Waals surface area contributed by atoms with Gasteiger partial charge in [0.05, 0.1) is 0 Å². The summed E-state index contributed by atoms with van der Waals surface area (Å²) in [6.45, 7) is 21.6. The van der Waals surface area contributed by atoms with E-state index < -0.39 is 0 Å². The molecule has 0 bridgehead atoms. The van der Waals surface area contributed by atoms with E-state index in [0.29, 0.717) is 10.8 Å². The SMILES string of the molecule is CCCCCCC[C](CC(C)CC(C)(C)C)CC(C)CC(C)(C)C. The average Bonchev–Trinajstić information content (AvgIpc) is 2.33. The Balaban J connectivity index is 4.47. The van der Waals surface area contributed by atoms with E-state index in [4.69, 9.17) is 0 Å². The van der Waals surface area contributed by atoms with E-state index in [9.17, 15) is 0 Å². The summed E-state index contributed by atoms with van der Waals surface area (Å²) in [4.78, 5) is 0. The molecule has 0 aliphatic rings. The molecule has 0 heterocycles. The quantitative estimate of drug-likeness (QED) is 0.312. The fourth-order valence-electron chi connectivity index (χ4n) is 4.49. The van der Waals surface area contributed by atoms with Crippen LogP contribution < -0.4 is 0 Å². The molecule has 145 valence electrons. The Morgan fingerprint density at radius 1 is 0.667 bits per heavy atom. The molecule has 0 aliphatic carbocycles. The van der Waals surface area contributed by atoms with Crippen molar-refractivity contribution in [1.82, 2.24) is 0 Å². The molecule has 2 unspecified atom stereocenters. The number of hydrogen-bond donors (Lipinski definition) is 0. The maximum atomic E-state index is 2.47. The molecule has 0 rings (SSSR count). The fourth-order valence-corrected chi connectivity index (χ4v) is 4.49. The molecule has 0 spiro atoms. The van der Waals surface area contributed by atoms with Crippen molar-refractivity contribution in [1.29, 1.82) is 0 Å². The number of hydrogen-bond acceptors (Lipinski definition) is 0. The van der Waals surface area contributed by atoms with Gasteiger partial charge in [-0.25, -0.2) is 0 Å². The minimum Gasteiger partial charge on any atom is -0.0654 e. The zero-order chi connectivity index (χ0) is 18.8. The van der Waals surface area contributed by atoms with Gasteiger partial charge in [0.25, 0.3) is 0 Å². The van der Waals surface area contributed by atoms with Crippen molar-refractivity contribution in [2.45, 2.75) is 127 Å². The first kappa shape index (κ1) is 24.0. The van der Waals surface area contributed by atoms with Crippen molar-refractivity contribution in [2.24, 2.45) is 22.7 Å². The van der Waals surface area contributed by atoms with Crippen LogP contribution in [0.25, 0.3) is 0 Å². The second-order valence-corrected chi connectivity index (χ2v) is 11.1. The smallest absolute Gasteiger partial charge is 0.0236 e. The summed E-state index contributed by atoms with van der Waals surface area (Å²) in [5.41, 5.74) is 0.922.